The van der Waals surface area contributed by atoms with Crippen molar-refractivity contribution in [2.75, 3.05) is 7.05 Å². The van der Waals surface area contributed by atoms with Crippen molar-refractivity contribution < 1.29 is 0 Å². The molecule has 0 spiro atoms. The molecule has 0 aromatic carbocycles. The van der Waals surface area contributed by atoms with E-state index in [9.17, 15) is 0 Å². The molecule has 0 bridgehead atoms. The number of nitrogens with one attached hydrogen (secondary N) is 1. The van der Waals surface area contributed by atoms with E-state index in [2.05, 4.69) is 18.8 Å². The molecule has 0 heterocycles. The van der Waals surface area contributed by atoms with Gasteiger partial charge in [0.05, 0.1) is 0 Å². The van der Waals surface area contributed by atoms with E-state index in [1.54, 1.807) is 0 Å². The fourth-order valence-corrected chi connectivity index (χ4v) is 1.81. The highest BCUT2D eigenvalue weighted by molar-refractivity contribution is 7.18. The third-order valence-electron chi connectivity index (χ3n) is 1.57. The summed E-state index contributed by atoms with van der Waals surface area (Å²) in [4.78, 5) is 3.18. The lowest BCUT2D eigenvalue weighted by Gasteiger charge is -2.18. The maximum absolute atomic E-state index is 6.12. The summed E-state index contributed by atoms with van der Waals surface area (Å²) < 4.78 is 0. The molecule has 3 heteroatoms. The van der Waals surface area contributed by atoms with Gasteiger partial charge in [-0.15, -0.1) is 11.1 Å². The quantitative estimate of drug-likeness (QED) is 0.480. The molecule has 0 aliphatic rings. The average molecular weight is 152 g/mol. The molecule has 0 aliphatic carbocycles. The first kappa shape index (κ1) is 8.47. The van der Waals surface area contributed by atoms with Crippen LogP contribution in [0.25, 0.3) is 0 Å². The van der Waals surface area contributed by atoms with Crippen LogP contribution in [0.15, 0.2) is 0 Å². The van der Waals surface area contributed by atoms with Crippen LogP contribution in [0, 0.1) is 0 Å². The van der Waals surface area contributed by atoms with E-state index in [1.165, 1.54) is 0 Å². The molecular formula is C5H14ClNSi. The summed E-state index contributed by atoms with van der Waals surface area (Å²) in [5, 5.41) is 0. The minimum Gasteiger partial charge on any atom is -0.328 e. The van der Waals surface area contributed by atoms with Crippen molar-refractivity contribution in [1.29, 1.82) is 0 Å². The Morgan fingerprint density at radius 1 is 1.38 bits per heavy atom. The maximum Gasteiger partial charge on any atom is 0.225 e. The van der Waals surface area contributed by atoms with Crippen LogP contribution in [0.3, 0.4) is 0 Å². The Hall–Kier alpha value is 0.467. The number of hydrogen-bond donors (Lipinski definition) is 1. The molecule has 0 unspecified atom stereocenters. The monoisotopic (exact) mass is 151 g/mol. The van der Waals surface area contributed by atoms with Crippen LogP contribution < -0.4 is 4.98 Å². The van der Waals surface area contributed by atoms with Gasteiger partial charge in [-0.3, -0.25) is 0 Å². The van der Waals surface area contributed by atoms with Crippen molar-refractivity contribution >= 4 is 18.6 Å². The van der Waals surface area contributed by atoms with Gasteiger partial charge in [-0.1, -0.05) is 13.8 Å². The summed E-state index contributed by atoms with van der Waals surface area (Å²) in [6.07, 6.45) is 0. The molecule has 1 N–H and O–H groups in total. The molecular weight excluding hydrogens is 138 g/mol. The third-order valence-corrected chi connectivity index (χ3v) is 6.88. The minimum atomic E-state index is -1.45. The van der Waals surface area contributed by atoms with Crippen molar-refractivity contribution in [3.63, 3.8) is 0 Å². The predicted molar refractivity (Wildman–Crippen MR) is 41.6 cm³/mol. The number of halogens is 1. The topological polar surface area (TPSA) is 12.0 Å². The van der Waals surface area contributed by atoms with Crippen LogP contribution in [0.2, 0.25) is 12.1 Å². The van der Waals surface area contributed by atoms with Crippen molar-refractivity contribution in [3.8, 4) is 0 Å². The Bertz CT molecular complexity index is 55.2. The second kappa shape index (κ2) is 3.48. The van der Waals surface area contributed by atoms with Gasteiger partial charge >= 0.3 is 0 Å². The molecule has 0 aliphatic heterocycles. The minimum absolute atomic E-state index is 1.11. The fourth-order valence-electron chi connectivity index (χ4n) is 0.604. The van der Waals surface area contributed by atoms with Gasteiger partial charge in [0.1, 0.15) is 0 Å². The van der Waals surface area contributed by atoms with Crippen LogP contribution in [0.1, 0.15) is 13.8 Å². The molecule has 0 saturated heterocycles. The molecule has 0 aromatic heterocycles. The normalized spacial score (nSPS) is 12.0. The van der Waals surface area contributed by atoms with Gasteiger partial charge in [0.15, 0.2) is 0 Å². The van der Waals surface area contributed by atoms with Gasteiger partial charge in [0.2, 0.25) is 7.55 Å². The summed E-state index contributed by atoms with van der Waals surface area (Å²) in [5.74, 6) is 0. The first-order valence-electron chi connectivity index (χ1n) is 3.06. The second-order valence-corrected chi connectivity index (χ2v) is 7.94. The zero-order valence-corrected chi connectivity index (χ0v) is 7.55. The number of hydrogen-bond acceptors (Lipinski definition) is 1. The van der Waals surface area contributed by atoms with E-state index in [0.29, 0.717) is 0 Å². The Kier molecular flexibility index (Phi) is 3.69. The lowest BCUT2D eigenvalue weighted by molar-refractivity contribution is 1.10. The van der Waals surface area contributed by atoms with E-state index >= 15 is 0 Å². The Morgan fingerprint density at radius 2 is 1.75 bits per heavy atom. The lowest BCUT2D eigenvalue weighted by Crippen LogP contribution is -2.40. The largest absolute Gasteiger partial charge is 0.328 e. The smallest absolute Gasteiger partial charge is 0.225 e. The van der Waals surface area contributed by atoms with E-state index in [4.69, 9.17) is 11.1 Å². The molecule has 0 aromatic rings. The molecule has 0 fully saturated rings. The highest BCUT2D eigenvalue weighted by atomic mass is 35.6. The summed E-state index contributed by atoms with van der Waals surface area (Å²) >= 11 is 6.12. The Balaban J connectivity index is 3.58. The predicted octanol–water partition coefficient (Wildman–Crippen LogP) is 1.93. The molecule has 0 amide bonds. The SMILES string of the molecule is CC[Si](Cl)(CC)NC. The van der Waals surface area contributed by atoms with Crippen molar-refractivity contribution in [1.82, 2.24) is 4.98 Å². The van der Waals surface area contributed by atoms with Crippen molar-refractivity contribution in [2.45, 2.75) is 25.9 Å². The highest BCUT2D eigenvalue weighted by Crippen LogP contribution is 2.14. The highest BCUT2D eigenvalue weighted by Gasteiger charge is 2.23. The van der Waals surface area contributed by atoms with Gasteiger partial charge in [-0.2, -0.15) is 0 Å². The van der Waals surface area contributed by atoms with Gasteiger partial charge < -0.3 is 4.98 Å². The summed E-state index contributed by atoms with van der Waals surface area (Å²) in [7, 11) is 0.502. The van der Waals surface area contributed by atoms with Crippen LogP contribution in [-0.4, -0.2) is 14.6 Å². The van der Waals surface area contributed by atoms with Gasteiger partial charge in [-0.25, -0.2) is 0 Å². The van der Waals surface area contributed by atoms with Gasteiger partial charge in [0.25, 0.3) is 0 Å². The molecule has 0 radical (unpaired) electrons. The Labute approximate surface area is 57.2 Å². The third kappa shape index (κ3) is 2.16. The summed E-state index contributed by atoms with van der Waals surface area (Å²) in [6, 6.07) is 2.23. The summed E-state index contributed by atoms with van der Waals surface area (Å²) in [5.41, 5.74) is 0. The van der Waals surface area contributed by atoms with E-state index in [1.807, 2.05) is 7.05 Å². The molecule has 0 atom stereocenters. The van der Waals surface area contributed by atoms with Gasteiger partial charge in [0, 0.05) is 0 Å². The first-order chi connectivity index (χ1) is 3.68. The van der Waals surface area contributed by atoms with Gasteiger partial charge in [-0.05, 0) is 19.1 Å². The molecule has 1 nitrogen and oxygen atoms in total. The van der Waals surface area contributed by atoms with E-state index in [-0.39, 0.29) is 0 Å². The standard InChI is InChI=1S/C5H14ClNSi/c1-4-8(6,5-2)7-3/h7H,4-5H2,1-3H3. The van der Waals surface area contributed by atoms with Crippen LogP contribution in [0.5, 0.6) is 0 Å². The zero-order valence-electron chi connectivity index (χ0n) is 5.79. The van der Waals surface area contributed by atoms with E-state index < -0.39 is 7.55 Å². The van der Waals surface area contributed by atoms with Crippen LogP contribution in [0.4, 0.5) is 0 Å². The molecule has 0 rings (SSSR count). The zero-order chi connectivity index (χ0) is 6.62. The van der Waals surface area contributed by atoms with Crippen molar-refractivity contribution in [3.05, 3.63) is 0 Å². The average Bonchev–Trinajstić information content (AvgIpc) is 1.87. The second-order valence-electron chi connectivity index (χ2n) is 1.92. The maximum atomic E-state index is 6.12. The Morgan fingerprint density at radius 3 is 1.75 bits per heavy atom. The molecule has 8 heavy (non-hydrogen) atoms. The van der Waals surface area contributed by atoms with Crippen LogP contribution >= 0.6 is 11.1 Å². The molecule has 0 saturated carbocycles. The summed E-state index contributed by atoms with van der Waals surface area (Å²) in [6.45, 7) is 4.28. The number of rotatable bonds is 3. The fraction of sp³-hybridized carbons (Fsp3) is 1.00. The van der Waals surface area contributed by atoms with E-state index in [0.717, 1.165) is 12.1 Å². The first-order valence-corrected chi connectivity index (χ1v) is 6.49. The van der Waals surface area contributed by atoms with Crippen LogP contribution in [-0.2, 0) is 0 Å². The molecule has 50 valence electrons. The lowest BCUT2D eigenvalue weighted by atomic mass is 10.9. The van der Waals surface area contributed by atoms with Crippen molar-refractivity contribution in [2.24, 2.45) is 0 Å².